The standard InChI is InChI=1S/C17H20N8S.HI/c18-16(23-6-8-24(9-7-23)17-20-5-10-26-17)21-11-14-1-3-15(4-2-14)25-13-19-12-22-25;/h1-5,10,12-13H,6-9,11H2,(H2,18,21);1H. The Labute approximate surface area is 178 Å². The lowest BCUT2D eigenvalue weighted by molar-refractivity contribution is 0.380. The number of hydrogen-bond acceptors (Lipinski definition) is 6. The Hall–Kier alpha value is -2.21. The van der Waals surface area contributed by atoms with E-state index in [0.717, 1.165) is 42.6 Å². The number of nitrogens with two attached hydrogens (primary N) is 1. The minimum atomic E-state index is 0. The Morgan fingerprint density at radius 2 is 1.93 bits per heavy atom. The maximum Gasteiger partial charge on any atom is 0.191 e. The van der Waals surface area contributed by atoms with E-state index < -0.39 is 0 Å². The maximum atomic E-state index is 6.19. The Kier molecular flexibility index (Phi) is 6.61. The molecule has 0 atom stereocenters. The van der Waals surface area contributed by atoms with Gasteiger partial charge in [-0.2, -0.15) is 5.10 Å². The highest BCUT2D eigenvalue weighted by Crippen LogP contribution is 2.18. The minimum absolute atomic E-state index is 0. The molecule has 1 fully saturated rings. The van der Waals surface area contributed by atoms with E-state index in [-0.39, 0.29) is 24.0 Å². The molecular weight excluding hydrogens is 475 g/mol. The lowest BCUT2D eigenvalue weighted by atomic mass is 10.2. The van der Waals surface area contributed by atoms with Gasteiger partial charge in [0.05, 0.1) is 12.2 Å². The van der Waals surface area contributed by atoms with Gasteiger partial charge in [0, 0.05) is 37.8 Å². The van der Waals surface area contributed by atoms with Crippen molar-refractivity contribution in [2.24, 2.45) is 10.7 Å². The Balaban J connectivity index is 0.00000210. The second-order valence-electron chi connectivity index (χ2n) is 5.97. The highest BCUT2D eigenvalue weighted by molar-refractivity contribution is 14.0. The van der Waals surface area contributed by atoms with Crippen molar-refractivity contribution in [1.29, 1.82) is 0 Å². The summed E-state index contributed by atoms with van der Waals surface area (Å²) >= 11 is 1.67. The number of anilines is 1. The molecule has 1 aliphatic rings. The van der Waals surface area contributed by atoms with Gasteiger partial charge in [0.1, 0.15) is 12.7 Å². The molecule has 1 aromatic carbocycles. The largest absolute Gasteiger partial charge is 0.370 e. The molecule has 142 valence electrons. The number of thiazole rings is 1. The summed E-state index contributed by atoms with van der Waals surface area (Å²) in [5, 5.41) is 7.20. The van der Waals surface area contributed by atoms with Crippen molar-refractivity contribution in [3.05, 3.63) is 54.1 Å². The van der Waals surface area contributed by atoms with E-state index in [2.05, 4.69) is 29.9 Å². The lowest BCUT2D eigenvalue weighted by Gasteiger charge is -2.35. The van der Waals surface area contributed by atoms with Crippen molar-refractivity contribution < 1.29 is 0 Å². The third-order valence-electron chi connectivity index (χ3n) is 4.34. The summed E-state index contributed by atoms with van der Waals surface area (Å²) in [5.41, 5.74) is 8.27. The third kappa shape index (κ3) is 4.75. The smallest absolute Gasteiger partial charge is 0.191 e. The third-order valence-corrected chi connectivity index (χ3v) is 5.17. The molecule has 0 unspecified atom stereocenters. The van der Waals surface area contributed by atoms with Gasteiger partial charge in [-0.15, -0.1) is 35.3 Å². The van der Waals surface area contributed by atoms with Crippen LogP contribution in [0.3, 0.4) is 0 Å². The summed E-state index contributed by atoms with van der Waals surface area (Å²) in [6.45, 7) is 4.11. The number of benzene rings is 1. The fraction of sp³-hybridized carbons (Fsp3) is 0.294. The maximum absolute atomic E-state index is 6.19. The van der Waals surface area contributed by atoms with Crippen molar-refractivity contribution in [2.45, 2.75) is 6.54 Å². The van der Waals surface area contributed by atoms with Gasteiger partial charge >= 0.3 is 0 Å². The van der Waals surface area contributed by atoms with Crippen molar-refractivity contribution >= 4 is 46.4 Å². The van der Waals surface area contributed by atoms with Crippen molar-refractivity contribution in [3.8, 4) is 5.69 Å². The zero-order chi connectivity index (χ0) is 17.8. The van der Waals surface area contributed by atoms with Gasteiger partial charge in [0.2, 0.25) is 0 Å². The molecule has 2 N–H and O–H groups in total. The highest BCUT2D eigenvalue weighted by atomic mass is 127. The first-order chi connectivity index (χ1) is 12.8. The lowest BCUT2D eigenvalue weighted by Crippen LogP contribution is -2.51. The van der Waals surface area contributed by atoms with Crippen molar-refractivity contribution in [3.63, 3.8) is 0 Å². The van der Waals surface area contributed by atoms with E-state index in [9.17, 15) is 0 Å². The molecular formula is C17H21IN8S. The average molecular weight is 496 g/mol. The SMILES string of the molecule is I.NC(=NCc1ccc(-n2cncn2)cc1)N1CCN(c2nccs2)CC1. The van der Waals surface area contributed by atoms with E-state index in [1.54, 1.807) is 22.3 Å². The van der Waals surface area contributed by atoms with Crippen LogP contribution in [0.5, 0.6) is 0 Å². The van der Waals surface area contributed by atoms with E-state index >= 15 is 0 Å². The summed E-state index contributed by atoms with van der Waals surface area (Å²) in [5.74, 6) is 0.601. The van der Waals surface area contributed by atoms with Gasteiger partial charge in [-0.25, -0.2) is 19.6 Å². The topological polar surface area (TPSA) is 88.5 Å². The fourth-order valence-corrected chi connectivity index (χ4v) is 3.56. The van der Waals surface area contributed by atoms with Crippen LogP contribution in [0, 0.1) is 0 Å². The van der Waals surface area contributed by atoms with E-state index in [0.29, 0.717) is 12.5 Å². The predicted molar refractivity (Wildman–Crippen MR) is 118 cm³/mol. The molecule has 0 saturated carbocycles. The van der Waals surface area contributed by atoms with E-state index in [1.165, 1.54) is 6.33 Å². The molecule has 0 amide bonds. The van der Waals surface area contributed by atoms with Crippen LogP contribution in [0.2, 0.25) is 0 Å². The number of halogens is 1. The molecule has 2 aromatic heterocycles. The molecule has 10 heteroatoms. The minimum Gasteiger partial charge on any atom is -0.370 e. The molecule has 0 aliphatic carbocycles. The molecule has 3 heterocycles. The van der Waals surface area contributed by atoms with Crippen LogP contribution >= 0.6 is 35.3 Å². The summed E-state index contributed by atoms with van der Waals surface area (Å²) in [4.78, 5) is 17.3. The first kappa shape index (κ1) is 19.5. The Bertz CT molecular complexity index is 840. The summed E-state index contributed by atoms with van der Waals surface area (Å²) in [7, 11) is 0. The molecule has 4 rings (SSSR count). The van der Waals surface area contributed by atoms with Crippen molar-refractivity contribution in [1.82, 2.24) is 24.6 Å². The van der Waals surface area contributed by atoms with Gasteiger partial charge in [0.15, 0.2) is 11.1 Å². The summed E-state index contributed by atoms with van der Waals surface area (Å²) in [6.07, 6.45) is 5.04. The highest BCUT2D eigenvalue weighted by Gasteiger charge is 2.19. The molecule has 27 heavy (non-hydrogen) atoms. The van der Waals surface area contributed by atoms with Crippen LogP contribution < -0.4 is 10.6 Å². The molecule has 0 spiro atoms. The first-order valence-electron chi connectivity index (χ1n) is 8.43. The van der Waals surface area contributed by atoms with Gasteiger partial charge in [-0.3, -0.25) is 0 Å². The van der Waals surface area contributed by atoms with Crippen LogP contribution in [0.15, 0.2) is 53.5 Å². The number of aliphatic imine (C=N–C) groups is 1. The van der Waals surface area contributed by atoms with E-state index in [1.807, 2.05) is 35.8 Å². The van der Waals surface area contributed by atoms with Crippen LogP contribution in [-0.2, 0) is 6.54 Å². The Morgan fingerprint density at radius 3 is 2.56 bits per heavy atom. The zero-order valence-electron chi connectivity index (χ0n) is 14.7. The van der Waals surface area contributed by atoms with Gasteiger partial charge < -0.3 is 15.5 Å². The summed E-state index contributed by atoms with van der Waals surface area (Å²) < 4.78 is 1.73. The van der Waals surface area contributed by atoms with Gasteiger partial charge in [-0.05, 0) is 17.7 Å². The molecule has 0 bridgehead atoms. The number of rotatable bonds is 4. The van der Waals surface area contributed by atoms with Crippen molar-refractivity contribution in [2.75, 3.05) is 31.1 Å². The zero-order valence-corrected chi connectivity index (χ0v) is 17.8. The molecule has 1 aliphatic heterocycles. The predicted octanol–water partition coefficient (Wildman–Crippen LogP) is 1.98. The number of nitrogens with zero attached hydrogens (tertiary/aromatic N) is 7. The monoisotopic (exact) mass is 496 g/mol. The number of guanidine groups is 1. The molecule has 0 radical (unpaired) electrons. The normalized spacial score (nSPS) is 14.9. The van der Waals surface area contributed by atoms with Crippen LogP contribution in [-0.4, -0.2) is 56.8 Å². The quantitative estimate of drug-likeness (QED) is 0.338. The molecule has 1 saturated heterocycles. The Morgan fingerprint density at radius 1 is 1.15 bits per heavy atom. The number of piperazine rings is 1. The molecule has 8 nitrogen and oxygen atoms in total. The number of aromatic nitrogens is 4. The van der Waals surface area contributed by atoms with Gasteiger partial charge in [0.25, 0.3) is 0 Å². The fourth-order valence-electron chi connectivity index (χ4n) is 2.87. The van der Waals surface area contributed by atoms with Crippen LogP contribution in [0.25, 0.3) is 5.69 Å². The van der Waals surface area contributed by atoms with E-state index in [4.69, 9.17) is 5.73 Å². The second kappa shape index (κ2) is 9.13. The molecule has 3 aromatic rings. The van der Waals surface area contributed by atoms with Gasteiger partial charge in [-0.1, -0.05) is 12.1 Å². The average Bonchev–Trinajstić information content (AvgIpc) is 3.40. The van der Waals surface area contributed by atoms with Crippen LogP contribution in [0.1, 0.15) is 5.56 Å². The second-order valence-corrected chi connectivity index (χ2v) is 6.84. The number of hydrogen-bond donors (Lipinski definition) is 1. The first-order valence-corrected chi connectivity index (χ1v) is 9.31. The summed E-state index contributed by atoms with van der Waals surface area (Å²) in [6, 6.07) is 8.08. The van der Waals surface area contributed by atoms with Crippen LogP contribution in [0.4, 0.5) is 5.13 Å².